The largest absolute Gasteiger partial charge is 0.355 e. The van der Waals surface area contributed by atoms with Crippen LogP contribution < -0.4 is 10.9 Å². The second-order valence-electron chi connectivity index (χ2n) is 8.14. The Morgan fingerprint density at radius 2 is 2.00 bits per heavy atom. The van der Waals surface area contributed by atoms with Gasteiger partial charge in [-0.15, -0.1) is 0 Å². The Hall–Kier alpha value is -2.80. The lowest BCUT2D eigenvalue weighted by Crippen LogP contribution is -2.45. The fourth-order valence-corrected chi connectivity index (χ4v) is 4.53. The van der Waals surface area contributed by atoms with E-state index in [4.69, 9.17) is 0 Å². The number of aromatic nitrogens is 3. The lowest BCUT2D eigenvalue weighted by atomic mass is 9.64. The van der Waals surface area contributed by atoms with Crippen LogP contribution in [0.2, 0.25) is 0 Å². The maximum Gasteiger partial charge on any atom is 0.254 e. The van der Waals surface area contributed by atoms with Crippen molar-refractivity contribution in [3.05, 3.63) is 80.4 Å². The highest BCUT2D eigenvalue weighted by atomic mass is 79.9. The Labute approximate surface area is 189 Å². The van der Waals surface area contributed by atoms with E-state index in [9.17, 15) is 9.59 Å². The van der Waals surface area contributed by atoms with E-state index < -0.39 is 0 Å². The summed E-state index contributed by atoms with van der Waals surface area (Å²) in [5, 5.41) is 3.10. The molecule has 1 aromatic carbocycles. The Kier molecular flexibility index (Phi) is 6.32. The van der Waals surface area contributed by atoms with Gasteiger partial charge >= 0.3 is 0 Å². The van der Waals surface area contributed by atoms with Gasteiger partial charge in [0.25, 0.3) is 5.56 Å². The first kappa shape index (κ1) is 21.4. The Balaban J connectivity index is 1.38. The number of aromatic amines is 1. The molecule has 0 atom stereocenters. The van der Waals surface area contributed by atoms with E-state index in [1.165, 1.54) is 12.0 Å². The van der Waals surface area contributed by atoms with Crippen LogP contribution in [0.4, 0.5) is 0 Å². The van der Waals surface area contributed by atoms with Crippen LogP contribution >= 0.6 is 15.9 Å². The van der Waals surface area contributed by atoms with Gasteiger partial charge in [0.05, 0.1) is 0 Å². The van der Waals surface area contributed by atoms with Gasteiger partial charge in [-0.2, -0.15) is 0 Å². The molecule has 2 N–H and O–H groups in total. The van der Waals surface area contributed by atoms with Crippen molar-refractivity contribution in [1.29, 1.82) is 0 Å². The first-order valence-electron chi connectivity index (χ1n) is 10.5. The van der Waals surface area contributed by atoms with Crippen molar-refractivity contribution in [3.8, 4) is 11.4 Å². The molecule has 1 aliphatic carbocycles. The molecule has 1 amide bonds. The average Bonchev–Trinajstić information content (AvgIpc) is 2.73. The van der Waals surface area contributed by atoms with E-state index >= 15 is 0 Å². The van der Waals surface area contributed by atoms with E-state index in [-0.39, 0.29) is 23.3 Å². The number of carbonyl (C=O) groups excluding carboxylic acids is 1. The summed E-state index contributed by atoms with van der Waals surface area (Å²) in [5.41, 5.74) is 3.08. The molecule has 7 heteroatoms. The van der Waals surface area contributed by atoms with Crippen LogP contribution in [0, 0.1) is 6.92 Å². The van der Waals surface area contributed by atoms with Crippen molar-refractivity contribution in [3.63, 3.8) is 0 Å². The molecule has 160 valence electrons. The summed E-state index contributed by atoms with van der Waals surface area (Å²) < 4.78 is 1.06. The van der Waals surface area contributed by atoms with Crippen LogP contribution in [-0.4, -0.2) is 27.4 Å². The minimum Gasteiger partial charge on any atom is -0.355 e. The number of hydrogen-bond donors (Lipinski definition) is 2. The summed E-state index contributed by atoms with van der Waals surface area (Å²) in [4.78, 5) is 36.5. The van der Waals surface area contributed by atoms with Gasteiger partial charge in [0.2, 0.25) is 5.91 Å². The number of amides is 1. The van der Waals surface area contributed by atoms with Gasteiger partial charge in [-0.25, -0.2) is 4.98 Å². The molecule has 0 bridgehead atoms. The fraction of sp³-hybridized carbons (Fsp3) is 0.333. The maximum atomic E-state index is 12.6. The number of pyridine rings is 1. The molecular formula is C24H25BrN4O2. The van der Waals surface area contributed by atoms with Crippen molar-refractivity contribution in [2.24, 2.45) is 0 Å². The fourth-order valence-electron chi connectivity index (χ4n) is 4.14. The lowest BCUT2D eigenvalue weighted by Gasteiger charge is -2.42. The number of rotatable bonds is 7. The first-order valence-corrected chi connectivity index (χ1v) is 11.3. The monoisotopic (exact) mass is 480 g/mol. The van der Waals surface area contributed by atoms with Crippen LogP contribution in [0.1, 0.15) is 42.5 Å². The van der Waals surface area contributed by atoms with Crippen LogP contribution in [0.5, 0.6) is 0 Å². The third kappa shape index (κ3) is 4.77. The summed E-state index contributed by atoms with van der Waals surface area (Å²) in [6.45, 7) is 2.43. The van der Waals surface area contributed by atoms with Crippen molar-refractivity contribution < 1.29 is 4.79 Å². The van der Waals surface area contributed by atoms with E-state index in [0.717, 1.165) is 22.9 Å². The highest BCUT2D eigenvalue weighted by Gasteiger charge is 2.38. The second kappa shape index (κ2) is 9.14. The van der Waals surface area contributed by atoms with Crippen LogP contribution in [-0.2, 0) is 16.6 Å². The van der Waals surface area contributed by atoms with Gasteiger partial charge in [-0.05, 0) is 56.0 Å². The normalized spacial score (nSPS) is 14.6. The highest BCUT2D eigenvalue weighted by Crippen LogP contribution is 2.43. The molecule has 0 saturated heterocycles. The SMILES string of the molecule is Cc1nc(-c2ccncc2)[nH]c(=O)c1CCC(=O)NCC1(c2cccc(Br)c2)CCC1. The van der Waals surface area contributed by atoms with Crippen molar-refractivity contribution in [2.45, 2.75) is 44.4 Å². The molecule has 0 aliphatic heterocycles. The van der Waals surface area contributed by atoms with Crippen LogP contribution in [0.25, 0.3) is 11.4 Å². The number of hydrogen-bond acceptors (Lipinski definition) is 4. The predicted octanol–water partition coefficient (Wildman–Crippen LogP) is 4.07. The zero-order valence-corrected chi connectivity index (χ0v) is 19.0. The van der Waals surface area contributed by atoms with Crippen molar-refractivity contribution in [2.75, 3.05) is 6.54 Å². The molecule has 6 nitrogen and oxygen atoms in total. The van der Waals surface area contributed by atoms with Crippen molar-refractivity contribution in [1.82, 2.24) is 20.3 Å². The summed E-state index contributed by atoms with van der Waals surface area (Å²) in [7, 11) is 0. The quantitative estimate of drug-likeness (QED) is 0.533. The number of H-pyrrole nitrogens is 1. The lowest BCUT2D eigenvalue weighted by molar-refractivity contribution is -0.121. The smallest absolute Gasteiger partial charge is 0.254 e. The third-order valence-electron chi connectivity index (χ3n) is 6.15. The number of carbonyl (C=O) groups is 1. The first-order chi connectivity index (χ1) is 15.0. The predicted molar refractivity (Wildman–Crippen MR) is 124 cm³/mol. The van der Waals surface area contributed by atoms with E-state index in [1.54, 1.807) is 24.5 Å². The Morgan fingerprint density at radius 3 is 2.65 bits per heavy atom. The van der Waals surface area contributed by atoms with Gasteiger partial charge in [-0.1, -0.05) is 34.5 Å². The van der Waals surface area contributed by atoms with Crippen LogP contribution in [0.15, 0.2) is 58.1 Å². The molecule has 1 saturated carbocycles. The molecular weight excluding hydrogens is 456 g/mol. The summed E-state index contributed by atoms with van der Waals surface area (Å²) >= 11 is 3.54. The minimum atomic E-state index is -0.197. The molecule has 1 fully saturated rings. The van der Waals surface area contributed by atoms with Gasteiger partial charge in [0, 0.05) is 52.1 Å². The molecule has 2 heterocycles. The molecule has 2 aromatic heterocycles. The number of aryl methyl sites for hydroxylation is 1. The summed E-state index contributed by atoms with van der Waals surface area (Å²) in [6, 6.07) is 11.9. The summed E-state index contributed by atoms with van der Waals surface area (Å²) in [5.74, 6) is 0.470. The second-order valence-corrected chi connectivity index (χ2v) is 9.05. The number of halogens is 1. The molecule has 31 heavy (non-hydrogen) atoms. The average molecular weight is 481 g/mol. The number of nitrogens with one attached hydrogen (secondary N) is 2. The topological polar surface area (TPSA) is 87.7 Å². The van der Waals surface area contributed by atoms with Crippen LogP contribution in [0.3, 0.4) is 0 Å². The minimum absolute atomic E-state index is 0.0145. The van der Waals surface area contributed by atoms with Gasteiger partial charge < -0.3 is 10.3 Å². The molecule has 0 unspecified atom stereocenters. The summed E-state index contributed by atoms with van der Waals surface area (Å²) in [6.07, 6.45) is 7.26. The van der Waals surface area contributed by atoms with Gasteiger partial charge in [0.1, 0.15) is 5.82 Å². The highest BCUT2D eigenvalue weighted by molar-refractivity contribution is 9.10. The van der Waals surface area contributed by atoms with Gasteiger partial charge in [0.15, 0.2) is 0 Å². The third-order valence-corrected chi connectivity index (χ3v) is 6.64. The Morgan fingerprint density at radius 1 is 1.23 bits per heavy atom. The molecule has 3 aromatic rings. The standard InChI is InChI=1S/C24H25BrN4O2/c1-16-20(23(31)29-22(28-16)17-8-12-26-13-9-17)6-7-21(30)27-15-24(10-3-11-24)18-4-2-5-19(25)14-18/h2,4-5,8-9,12-14H,3,6-7,10-11,15H2,1H3,(H,27,30)(H,28,29,31). The maximum absolute atomic E-state index is 12.6. The molecule has 4 rings (SSSR count). The van der Waals surface area contributed by atoms with E-state index in [0.29, 0.717) is 30.0 Å². The van der Waals surface area contributed by atoms with E-state index in [1.807, 2.05) is 19.1 Å². The number of nitrogens with zero attached hydrogens (tertiary/aromatic N) is 2. The van der Waals surface area contributed by atoms with Crippen molar-refractivity contribution >= 4 is 21.8 Å². The molecule has 1 aliphatic rings. The molecule has 0 radical (unpaired) electrons. The van der Waals surface area contributed by atoms with E-state index in [2.05, 4.69) is 48.3 Å². The molecule has 0 spiro atoms. The zero-order chi connectivity index (χ0) is 21.8. The Bertz CT molecular complexity index is 1140. The zero-order valence-electron chi connectivity index (χ0n) is 17.5. The number of benzene rings is 1. The van der Waals surface area contributed by atoms with Gasteiger partial charge in [-0.3, -0.25) is 14.6 Å².